The van der Waals surface area contributed by atoms with E-state index in [1.165, 1.54) is 23.3 Å². The summed E-state index contributed by atoms with van der Waals surface area (Å²) < 4.78 is 6.48. The second kappa shape index (κ2) is 8.43. The van der Waals surface area contributed by atoms with Gasteiger partial charge in [0.2, 0.25) is 0 Å². The maximum absolute atomic E-state index is 13.4. The Morgan fingerprint density at radius 3 is 2.44 bits per heavy atom. The number of amides is 1. The minimum Gasteiger partial charge on any atom is -0.507 e. The third-order valence-electron chi connectivity index (χ3n) is 5.94. The fourth-order valence-electron chi connectivity index (χ4n) is 4.21. The summed E-state index contributed by atoms with van der Waals surface area (Å²) in [4.78, 5) is 32.8. The van der Waals surface area contributed by atoms with E-state index in [1.54, 1.807) is 24.3 Å². The molecule has 1 atom stereocenters. The number of hydrogen-bond acceptors (Lipinski definition) is 6. The Kier molecular flexibility index (Phi) is 5.42. The highest BCUT2D eigenvalue weighted by Gasteiger charge is 2.49. The molecule has 3 aromatic carbocycles. The fourth-order valence-corrected chi connectivity index (χ4v) is 5.30. The van der Waals surface area contributed by atoms with Crippen LogP contribution in [0.15, 0.2) is 72.3 Å². The zero-order chi connectivity index (χ0) is 24.0. The molecule has 1 amide bonds. The van der Waals surface area contributed by atoms with Crippen molar-refractivity contribution < 1.29 is 19.4 Å². The van der Waals surface area contributed by atoms with Gasteiger partial charge in [-0.2, -0.15) is 0 Å². The van der Waals surface area contributed by atoms with E-state index in [9.17, 15) is 14.7 Å². The van der Waals surface area contributed by atoms with E-state index in [1.807, 2.05) is 56.3 Å². The quantitative estimate of drug-likeness (QED) is 0.240. The molecule has 5 rings (SSSR count). The molecule has 1 aromatic heterocycles. The van der Waals surface area contributed by atoms with E-state index in [4.69, 9.17) is 4.74 Å². The lowest BCUT2D eigenvalue weighted by Gasteiger charge is -2.24. The predicted molar refractivity (Wildman–Crippen MR) is 133 cm³/mol. The van der Waals surface area contributed by atoms with Gasteiger partial charge < -0.3 is 9.84 Å². The molecule has 0 radical (unpaired) electrons. The number of anilines is 1. The molecule has 0 saturated carbocycles. The molecule has 6 nitrogen and oxygen atoms in total. The van der Waals surface area contributed by atoms with Crippen molar-refractivity contribution in [2.75, 3.05) is 12.0 Å². The number of ether oxygens (including phenoxy) is 1. The first kappa shape index (κ1) is 21.9. The summed E-state index contributed by atoms with van der Waals surface area (Å²) in [5, 5.41) is 11.6. The first-order valence-corrected chi connectivity index (χ1v) is 11.6. The van der Waals surface area contributed by atoms with Crippen molar-refractivity contribution in [3.63, 3.8) is 0 Å². The molecule has 4 aromatic rings. The highest BCUT2D eigenvalue weighted by molar-refractivity contribution is 7.22. The molecule has 1 fully saturated rings. The van der Waals surface area contributed by atoms with Crippen LogP contribution >= 0.6 is 11.3 Å². The number of nitrogens with zero attached hydrogens (tertiary/aromatic N) is 2. The Morgan fingerprint density at radius 2 is 1.71 bits per heavy atom. The maximum atomic E-state index is 13.4. The van der Waals surface area contributed by atoms with Crippen LogP contribution < -0.4 is 9.64 Å². The summed E-state index contributed by atoms with van der Waals surface area (Å²) in [6, 6.07) is 19.3. The summed E-state index contributed by atoms with van der Waals surface area (Å²) in [5.74, 6) is -1.22. The van der Waals surface area contributed by atoms with Gasteiger partial charge in [-0.25, -0.2) is 4.98 Å². The number of aromatic nitrogens is 1. The number of hydrogen-bond donors (Lipinski definition) is 1. The smallest absolute Gasteiger partial charge is 0.301 e. The third kappa shape index (κ3) is 3.54. The zero-order valence-electron chi connectivity index (χ0n) is 18.9. The summed E-state index contributed by atoms with van der Waals surface area (Å²) in [6.07, 6.45) is 0. The van der Waals surface area contributed by atoms with Crippen LogP contribution in [0.3, 0.4) is 0 Å². The van der Waals surface area contributed by atoms with E-state index in [2.05, 4.69) is 4.98 Å². The molecule has 2 heterocycles. The number of thiazole rings is 1. The lowest BCUT2D eigenvalue weighted by atomic mass is 9.94. The summed E-state index contributed by atoms with van der Waals surface area (Å²) in [6.45, 7) is 3.92. The van der Waals surface area contributed by atoms with E-state index >= 15 is 0 Å². The highest BCUT2D eigenvalue weighted by atomic mass is 32.1. The summed E-state index contributed by atoms with van der Waals surface area (Å²) >= 11 is 1.33. The molecule has 170 valence electrons. The van der Waals surface area contributed by atoms with Gasteiger partial charge in [0.1, 0.15) is 17.6 Å². The Morgan fingerprint density at radius 1 is 1.00 bits per heavy atom. The molecule has 7 heteroatoms. The molecule has 34 heavy (non-hydrogen) atoms. The number of para-hydroxylation sites is 1. The van der Waals surface area contributed by atoms with Crippen LogP contribution in [-0.2, 0) is 9.59 Å². The molecule has 0 bridgehead atoms. The Bertz CT molecular complexity index is 1470. The lowest BCUT2D eigenvalue weighted by molar-refractivity contribution is -0.132. The van der Waals surface area contributed by atoms with Gasteiger partial charge in [0, 0.05) is 11.1 Å². The van der Waals surface area contributed by atoms with Crippen molar-refractivity contribution in [1.29, 1.82) is 0 Å². The zero-order valence-corrected chi connectivity index (χ0v) is 19.7. The van der Waals surface area contributed by atoms with E-state index in [0.717, 1.165) is 21.3 Å². The fraction of sp³-hybridized carbons (Fsp3) is 0.148. The van der Waals surface area contributed by atoms with Gasteiger partial charge in [0.25, 0.3) is 5.78 Å². The number of benzene rings is 3. The topological polar surface area (TPSA) is 79.7 Å². The number of methoxy groups -OCH3 is 1. The Hall–Kier alpha value is -3.97. The molecule has 0 spiro atoms. The molecule has 0 aliphatic carbocycles. The van der Waals surface area contributed by atoms with Gasteiger partial charge in [0.05, 0.1) is 22.9 Å². The van der Waals surface area contributed by atoms with Crippen LogP contribution in [0.25, 0.3) is 16.0 Å². The van der Waals surface area contributed by atoms with Crippen molar-refractivity contribution >= 4 is 44.1 Å². The molecule has 1 saturated heterocycles. The van der Waals surface area contributed by atoms with Gasteiger partial charge in [-0.15, -0.1) is 0 Å². The van der Waals surface area contributed by atoms with Crippen LogP contribution in [0.1, 0.15) is 28.3 Å². The minimum atomic E-state index is -0.890. The van der Waals surface area contributed by atoms with Crippen LogP contribution in [0.2, 0.25) is 0 Å². The maximum Gasteiger partial charge on any atom is 0.301 e. The van der Waals surface area contributed by atoms with Gasteiger partial charge in [-0.05, 0) is 37.6 Å². The number of Topliss-reactive ketones (excluding diaryl/α,β-unsaturated/α-hetero) is 1. The minimum absolute atomic E-state index is 0.00814. The molecule has 1 aliphatic heterocycles. The largest absolute Gasteiger partial charge is 0.507 e. The predicted octanol–water partition coefficient (Wildman–Crippen LogP) is 5.55. The average molecular weight is 471 g/mol. The molecular weight excluding hydrogens is 448 g/mol. The van der Waals surface area contributed by atoms with Gasteiger partial charge in [0.15, 0.2) is 5.13 Å². The molecular formula is C27H22N2O4S. The van der Waals surface area contributed by atoms with Gasteiger partial charge in [-0.1, -0.05) is 65.4 Å². The average Bonchev–Trinajstić information content (AvgIpc) is 3.36. The van der Waals surface area contributed by atoms with Crippen molar-refractivity contribution in [2.24, 2.45) is 0 Å². The number of carbonyl (C=O) groups excluding carboxylic acids is 2. The van der Waals surface area contributed by atoms with Crippen molar-refractivity contribution in [3.05, 3.63) is 94.6 Å². The standard InChI is InChI=1S/C27H22N2O4S/c1-15-8-11-17(12-9-15)24(30)22-23(18-6-4-5-7-20(18)33-3)29(26(32)25(22)31)27-28-19-13-10-16(2)14-21(19)34-27/h4-14,23,30H,1-3H3/t23-/m0/s1. The lowest BCUT2D eigenvalue weighted by Crippen LogP contribution is -2.29. The van der Waals surface area contributed by atoms with Gasteiger partial charge in [-0.3, -0.25) is 14.5 Å². The summed E-state index contributed by atoms with van der Waals surface area (Å²) in [7, 11) is 1.53. The monoisotopic (exact) mass is 470 g/mol. The second-order valence-electron chi connectivity index (χ2n) is 8.24. The van der Waals surface area contributed by atoms with Crippen LogP contribution in [0, 0.1) is 13.8 Å². The number of rotatable bonds is 4. The number of aryl methyl sites for hydroxylation is 2. The van der Waals surface area contributed by atoms with Crippen LogP contribution in [0.4, 0.5) is 5.13 Å². The van der Waals surface area contributed by atoms with Crippen LogP contribution in [-0.4, -0.2) is 28.9 Å². The van der Waals surface area contributed by atoms with Crippen molar-refractivity contribution in [1.82, 2.24) is 4.98 Å². The highest BCUT2D eigenvalue weighted by Crippen LogP contribution is 2.46. The normalized spacial score (nSPS) is 17.5. The number of carbonyl (C=O) groups is 2. The second-order valence-corrected chi connectivity index (χ2v) is 9.25. The van der Waals surface area contributed by atoms with Crippen LogP contribution in [0.5, 0.6) is 5.75 Å². The van der Waals surface area contributed by atoms with E-state index in [-0.39, 0.29) is 11.3 Å². The first-order valence-electron chi connectivity index (χ1n) is 10.8. The Balaban J connectivity index is 1.76. The van der Waals surface area contributed by atoms with Crippen molar-refractivity contribution in [2.45, 2.75) is 19.9 Å². The molecule has 1 N–H and O–H groups in total. The van der Waals surface area contributed by atoms with E-state index in [0.29, 0.717) is 22.0 Å². The van der Waals surface area contributed by atoms with Crippen molar-refractivity contribution in [3.8, 4) is 5.75 Å². The number of ketones is 1. The Labute approximate surface area is 200 Å². The number of aliphatic hydroxyl groups is 1. The molecule has 1 aliphatic rings. The van der Waals surface area contributed by atoms with E-state index < -0.39 is 17.7 Å². The first-order chi connectivity index (χ1) is 16.4. The van der Waals surface area contributed by atoms with Gasteiger partial charge >= 0.3 is 5.91 Å². The summed E-state index contributed by atoms with van der Waals surface area (Å²) in [5.41, 5.74) is 3.89. The SMILES string of the molecule is COc1ccccc1[C@H]1C(=C(O)c2ccc(C)cc2)C(=O)C(=O)N1c1nc2ccc(C)cc2s1. The molecule has 0 unspecified atom stereocenters. The number of fused-ring (bicyclic) bond motifs is 1. The third-order valence-corrected chi connectivity index (χ3v) is 6.96. The number of aliphatic hydroxyl groups excluding tert-OH is 1.